The molecule has 0 atom stereocenters. The van der Waals surface area contributed by atoms with Crippen LogP contribution in [0.1, 0.15) is 39.0 Å². The second kappa shape index (κ2) is 6.14. The van der Waals surface area contributed by atoms with E-state index in [9.17, 15) is 9.59 Å². The molecule has 1 aromatic carbocycles. The first-order chi connectivity index (χ1) is 12.5. The topological polar surface area (TPSA) is 95.9 Å². The van der Waals surface area contributed by atoms with Crippen molar-refractivity contribution < 1.29 is 9.59 Å². The van der Waals surface area contributed by atoms with Crippen molar-refractivity contribution in [2.45, 2.75) is 25.9 Å². The Balaban J connectivity index is 1.62. The molecule has 3 heterocycles. The molecule has 0 spiro atoms. The van der Waals surface area contributed by atoms with Gasteiger partial charge < -0.3 is 4.98 Å². The number of thioether (sulfide) groups is 1. The van der Waals surface area contributed by atoms with Gasteiger partial charge in [0.1, 0.15) is 0 Å². The molecule has 4 rings (SSSR count). The van der Waals surface area contributed by atoms with Crippen LogP contribution in [0.2, 0.25) is 0 Å². The van der Waals surface area contributed by atoms with E-state index in [2.05, 4.69) is 20.2 Å². The smallest absolute Gasteiger partial charge is 0.231 e. The quantitative estimate of drug-likeness (QED) is 0.417. The number of hydrogen-bond donors (Lipinski definition) is 2. The maximum atomic E-state index is 12.7. The molecule has 0 bridgehead atoms. The minimum Gasteiger partial charge on any atom is -0.355 e. The van der Waals surface area contributed by atoms with Crippen molar-refractivity contribution in [1.82, 2.24) is 24.6 Å². The fourth-order valence-electron chi connectivity index (χ4n) is 3.30. The van der Waals surface area contributed by atoms with Gasteiger partial charge >= 0.3 is 0 Å². The SMILES string of the molecule is CC(=O)c1c(C)[nH]c(C(=O)CSc2n[nH]c3nc4ccccc4n23)c1C. The van der Waals surface area contributed by atoms with E-state index < -0.39 is 0 Å². The van der Waals surface area contributed by atoms with Gasteiger partial charge in [0.2, 0.25) is 5.78 Å². The lowest BCUT2D eigenvalue weighted by Gasteiger charge is -2.01. The molecule has 0 saturated heterocycles. The van der Waals surface area contributed by atoms with Crippen LogP contribution in [-0.2, 0) is 0 Å². The van der Waals surface area contributed by atoms with Gasteiger partial charge in [0.25, 0.3) is 0 Å². The summed E-state index contributed by atoms with van der Waals surface area (Å²) in [4.78, 5) is 31.9. The molecule has 0 fully saturated rings. The van der Waals surface area contributed by atoms with Gasteiger partial charge in [-0.15, -0.1) is 5.10 Å². The van der Waals surface area contributed by atoms with Gasteiger partial charge in [-0.3, -0.25) is 14.0 Å². The zero-order chi connectivity index (χ0) is 18.4. The van der Waals surface area contributed by atoms with Crippen molar-refractivity contribution in [3.05, 3.63) is 46.8 Å². The number of aryl methyl sites for hydroxylation is 1. The summed E-state index contributed by atoms with van der Waals surface area (Å²) in [6.07, 6.45) is 0. The van der Waals surface area contributed by atoms with Gasteiger partial charge in [0.15, 0.2) is 16.7 Å². The highest BCUT2D eigenvalue weighted by molar-refractivity contribution is 7.99. The molecule has 0 unspecified atom stereocenters. The first kappa shape index (κ1) is 16.6. The Hall–Kier alpha value is -2.87. The van der Waals surface area contributed by atoms with Crippen LogP contribution in [0.25, 0.3) is 16.8 Å². The summed E-state index contributed by atoms with van der Waals surface area (Å²) in [7, 11) is 0. The van der Waals surface area contributed by atoms with E-state index in [1.165, 1.54) is 18.7 Å². The fraction of sp³-hybridized carbons (Fsp3) is 0.222. The number of carbonyl (C=O) groups excluding carboxylic acids is 2. The zero-order valence-electron chi connectivity index (χ0n) is 14.6. The molecule has 26 heavy (non-hydrogen) atoms. The molecule has 7 nitrogen and oxygen atoms in total. The molecule has 0 radical (unpaired) electrons. The highest BCUT2D eigenvalue weighted by Crippen LogP contribution is 2.25. The van der Waals surface area contributed by atoms with Gasteiger partial charge in [-0.05, 0) is 38.5 Å². The summed E-state index contributed by atoms with van der Waals surface area (Å²) in [6.45, 7) is 5.12. The van der Waals surface area contributed by atoms with E-state index in [-0.39, 0.29) is 17.3 Å². The highest BCUT2D eigenvalue weighted by atomic mass is 32.2. The summed E-state index contributed by atoms with van der Waals surface area (Å²) in [5, 5.41) is 7.84. The van der Waals surface area contributed by atoms with Crippen LogP contribution in [0.5, 0.6) is 0 Å². The van der Waals surface area contributed by atoms with E-state index in [0.717, 1.165) is 16.7 Å². The summed E-state index contributed by atoms with van der Waals surface area (Å²) < 4.78 is 1.90. The molecule has 0 aliphatic rings. The van der Waals surface area contributed by atoms with Crippen LogP contribution in [0.4, 0.5) is 0 Å². The van der Waals surface area contributed by atoms with Crippen LogP contribution in [-0.4, -0.2) is 41.9 Å². The first-order valence-corrected chi connectivity index (χ1v) is 9.13. The molecule has 8 heteroatoms. The summed E-state index contributed by atoms with van der Waals surface area (Å²) in [6, 6.07) is 7.78. The standard InChI is InChI=1S/C18H17N5O2S/c1-9-15(11(3)24)10(2)19-16(9)14(25)8-26-18-22-21-17-20-12-6-4-5-7-13(12)23(17)18/h4-7,19H,8H2,1-3H3,(H,20,21). The molecule has 132 valence electrons. The number of rotatable bonds is 5. The van der Waals surface area contributed by atoms with Crippen LogP contribution < -0.4 is 0 Å². The second-order valence-electron chi connectivity index (χ2n) is 6.16. The molecular weight excluding hydrogens is 350 g/mol. The minimum absolute atomic E-state index is 0.0400. The molecule has 0 aliphatic heterocycles. The van der Waals surface area contributed by atoms with Gasteiger partial charge in [0.05, 0.1) is 22.5 Å². The van der Waals surface area contributed by atoms with E-state index in [1.54, 1.807) is 6.92 Å². The summed E-state index contributed by atoms with van der Waals surface area (Å²) in [5.74, 6) is 0.752. The number of hydrogen-bond acceptors (Lipinski definition) is 5. The van der Waals surface area contributed by atoms with Crippen molar-refractivity contribution in [2.24, 2.45) is 0 Å². The van der Waals surface area contributed by atoms with Crippen LogP contribution in [0.3, 0.4) is 0 Å². The number of benzene rings is 1. The molecular formula is C18H17N5O2S. The lowest BCUT2D eigenvalue weighted by atomic mass is 10.1. The molecule has 4 aromatic rings. The van der Waals surface area contributed by atoms with E-state index in [4.69, 9.17) is 0 Å². The van der Waals surface area contributed by atoms with Crippen molar-refractivity contribution in [1.29, 1.82) is 0 Å². The monoisotopic (exact) mass is 367 g/mol. The number of nitrogens with zero attached hydrogens (tertiary/aromatic N) is 3. The summed E-state index contributed by atoms with van der Waals surface area (Å²) in [5.41, 5.74) is 4.34. The van der Waals surface area contributed by atoms with Crippen molar-refractivity contribution in [2.75, 3.05) is 5.75 Å². The number of H-pyrrole nitrogens is 2. The Bertz CT molecular complexity index is 1170. The number of fused-ring (bicyclic) bond motifs is 3. The molecule has 3 aromatic heterocycles. The lowest BCUT2D eigenvalue weighted by Crippen LogP contribution is -2.06. The zero-order valence-corrected chi connectivity index (χ0v) is 15.4. The number of aromatic amines is 2. The van der Waals surface area contributed by atoms with Crippen LogP contribution in [0.15, 0.2) is 29.4 Å². The van der Waals surface area contributed by atoms with Crippen molar-refractivity contribution in [3.8, 4) is 0 Å². The van der Waals surface area contributed by atoms with Crippen molar-refractivity contribution in [3.63, 3.8) is 0 Å². The van der Waals surface area contributed by atoms with Gasteiger partial charge in [-0.2, -0.15) is 0 Å². The first-order valence-electron chi connectivity index (χ1n) is 8.15. The number of Topliss-reactive ketones (excluding diaryl/α,β-unsaturated/α-hetero) is 2. The fourth-order valence-corrected chi connectivity index (χ4v) is 4.13. The van der Waals surface area contributed by atoms with Gasteiger partial charge in [0, 0.05) is 11.3 Å². The van der Waals surface area contributed by atoms with Crippen LogP contribution in [0, 0.1) is 13.8 Å². The number of nitrogens with one attached hydrogen (secondary N) is 2. The predicted octanol–water partition coefficient (Wildman–Crippen LogP) is 3.33. The second-order valence-corrected chi connectivity index (χ2v) is 7.10. The highest BCUT2D eigenvalue weighted by Gasteiger charge is 2.21. The third kappa shape index (κ3) is 2.53. The third-order valence-corrected chi connectivity index (χ3v) is 5.34. The average Bonchev–Trinajstić information content (AvgIpc) is 3.24. The molecule has 0 amide bonds. The van der Waals surface area contributed by atoms with E-state index in [0.29, 0.717) is 27.8 Å². The number of imidazole rings is 1. The normalized spacial score (nSPS) is 11.5. The van der Waals surface area contributed by atoms with Gasteiger partial charge in [-0.25, -0.2) is 10.1 Å². The lowest BCUT2D eigenvalue weighted by molar-refractivity contribution is 0.101. The Morgan fingerprint density at radius 1 is 1.23 bits per heavy atom. The minimum atomic E-state index is -0.0660. The predicted molar refractivity (Wildman–Crippen MR) is 100 cm³/mol. The number of ketones is 2. The van der Waals surface area contributed by atoms with E-state index in [1.807, 2.05) is 35.6 Å². The Morgan fingerprint density at radius 3 is 2.73 bits per heavy atom. The van der Waals surface area contributed by atoms with Gasteiger partial charge in [-0.1, -0.05) is 23.9 Å². The molecule has 0 saturated carbocycles. The maximum absolute atomic E-state index is 12.7. The Morgan fingerprint density at radius 2 is 2.00 bits per heavy atom. The summed E-state index contributed by atoms with van der Waals surface area (Å²) >= 11 is 1.34. The number of aromatic nitrogens is 5. The van der Waals surface area contributed by atoms with Crippen molar-refractivity contribution >= 4 is 40.1 Å². The number of carbonyl (C=O) groups is 2. The Labute approximate surface area is 153 Å². The largest absolute Gasteiger partial charge is 0.355 e. The molecule has 2 N–H and O–H groups in total. The third-order valence-electron chi connectivity index (χ3n) is 4.40. The maximum Gasteiger partial charge on any atom is 0.231 e. The molecule has 0 aliphatic carbocycles. The Kier molecular flexibility index (Phi) is 3.91. The van der Waals surface area contributed by atoms with E-state index >= 15 is 0 Å². The average molecular weight is 367 g/mol. The van der Waals surface area contributed by atoms with Crippen LogP contribution >= 0.6 is 11.8 Å². The number of para-hydroxylation sites is 2.